The fraction of sp³-hybridized carbons (Fsp3) is 0.303. The molecule has 230 valence electrons. The average molecular weight is 640 g/mol. The van der Waals surface area contributed by atoms with Crippen LogP contribution < -0.4 is 10.2 Å². The molecule has 2 atom stereocenters. The van der Waals surface area contributed by atoms with E-state index in [2.05, 4.69) is 5.32 Å². The second kappa shape index (κ2) is 12.2. The van der Waals surface area contributed by atoms with Crippen LogP contribution in [0, 0.1) is 19.3 Å². The van der Waals surface area contributed by atoms with Crippen LogP contribution in [0.3, 0.4) is 0 Å². The second-order valence-corrected chi connectivity index (χ2v) is 12.7. The van der Waals surface area contributed by atoms with Gasteiger partial charge in [0, 0.05) is 45.2 Å². The van der Waals surface area contributed by atoms with Crippen molar-refractivity contribution in [3.8, 4) is 0 Å². The first-order valence-electron chi connectivity index (χ1n) is 14.0. The van der Waals surface area contributed by atoms with E-state index in [0.29, 0.717) is 21.7 Å². The summed E-state index contributed by atoms with van der Waals surface area (Å²) in [7, 11) is 0. The molecule has 3 aromatic carbocycles. The van der Waals surface area contributed by atoms with Crippen LogP contribution in [-0.2, 0) is 14.3 Å². The van der Waals surface area contributed by atoms with Gasteiger partial charge < -0.3 is 29.6 Å². The molecule has 0 saturated carbocycles. The van der Waals surface area contributed by atoms with Gasteiger partial charge in [0.05, 0.1) is 12.1 Å². The number of fused-ring (bicyclic) bond motifs is 2. The first kappa shape index (κ1) is 31.5. The molecule has 0 spiro atoms. The van der Waals surface area contributed by atoms with Crippen LogP contribution in [0.25, 0.3) is 11.0 Å². The van der Waals surface area contributed by atoms with Gasteiger partial charge in [-0.15, -0.1) is 0 Å². The van der Waals surface area contributed by atoms with Gasteiger partial charge in [0.1, 0.15) is 12.2 Å². The second-order valence-electron chi connectivity index (χ2n) is 11.8. The Kier molecular flexibility index (Phi) is 8.77. The summed E-state index contributed by atoms with van der Waals surface area (Å²) in [5, 5.41) is 23.3. The molecule has 0 aliphatic carbocycles. The first-order valence-corrected chi connectivity index (χ1v) is 14.7. The van der Waals surface area contributed by atoms with Crippen LogP contribution in [0.15, 0.2) is 59.0 Å². The largest absolute Gasteiger partial charge is 0.475 e. The van der Waals surface area contributed by atoms with Crippen molar-refractivity contribution in [2.45, 2.75) is 46.3 Å². The molecule has 1 aromatic heterocycles. The minimum absolute atomic E-state index is 0.134. The van der Waals surface area contributed by atoms with Crippen molar-refractivity contribution >= 4 is 63.3 Å². The van der Waals surface area contributed by atoms with Crippen LogP contribution in [0.4, 0.5) is 11.4 Å². The van der Waals surface area contributed by atoms with E-state index in [-0.39, 0.29) is 41.6 Å². The summed E-state index contributed by atoms with van der Waals surface area (Å²) in [6.45, 7) is 7.60. The molecule has 2 amide bonds. The molecule has 44 heavy (non-hydrogen) atoms. The fourth-order valence-electron chi connectivity index (χ4n) is 5.33. The van der Waals surface area contributed by atoms with Crippen molar-refractivity contribution in [2.24, 2.45) is 5.41 Å². The number of rotatable bonds is 8. The number of aryl methyl sites for hydroxylation is 1. The van der Waals surface area contributed by atoms with Gasteiger partial charge in [-0.1, -0.05) is 55.2 Å². The molecule has 0 saturated heterocycles. The summed E-state index contributed by atoms with van der Waals surface area (Å²) >= 11 is 12.7. The number of aromatic carboxylic acids is 1. The molecule has 4 aromatic rings. The number of carbonyl (C=O) groups excluding carboxylic acids is 2. The SMILES string of the molecule is Cc1cccc([C@H]2O[C@H](CC(=O)Nc3cc(Cl)cc4cc(C(=O)O)oc34)C(=O)N(CC(C)(C)CO)c3ccc(Cl)cc32)c1C. The number of carboxylic acids is 1. The molecule has 1 aliphatic heterocycles. The lowest BCUT2D eigenvalue weighted by Crippen LogP contribution is -2.46. The Balaban J connectivity index is 1.56. The highest BCUT2D eigenvalue weighted by Crippen LogP contribution is 2.42. The molecule has 0 radical (unpaired) electrons. The number of hydrogen-bond donors (Lipinski definition) is 3. The molecule has 0 bridgehead atoms. The first-order chi connectivity index (χ1) is 20.8. The molecule has 11 heteroatoms. The van der Waals surface area contributed by atoms with E-state index in [1.54, 1.807) is 23.1 Å². The number of amides is 2. The van der Waals surface area contributed by atoms with Crippen LogP contribution in [0.2, 0.25) is 10.0 Å². The number of nitrogens with one attached hydrogen (secondary N) is 1. The molecule has 0 unspecified atom stereocenters. The third-order valence-electron chi connectivity index (χ3n) is 7.78. The molecule has 2 heterocycles. The van der Waals surface area contributed by atoms with Gasteiger partial charge in [-0.3, -0.25) is 9.59 Å². The van der Waals surface area contributed by atoms with Crippen LogP contribution in [0.5, 0.6) is 0 Å². The number of ether oxygens (including phenoxy) is 1. The third kappa shape index (κ3) is 6.32. The standard InChI is InChI=1S/C33H32Cl2N2O7/c1-17-6-5-7-22(18(17)2)30-23-12-20(34)8-9-25(23)37(15-33(3,4)16-38)31(40)26(43-30)14-28(39)36-24-13-21(35)10-19-11-27(32(41)42)44-29(19)24/h5-13,26,30,38H,14-16H2,1-4H3,(H,36,39)(H,41,42)/t26-,30-/m1/s1. The van der Waals surface area contributed by atoms with Crippen molar-refractivity contribution < 1.29 is 33.8 Å². The highest BCUT2D eigenvalue weighted by Gasteiger charge is 2.40. The average Bonchev–Trinajstić information content (AvgIpc) is 3.36. The Labute approximate surface area is 264 Å². The normalized spacial score (nSPS) is 17.0. The number of anilines is 2. The molecular weight excluding hydrogens is 607 g/mol. The lowest BCUT2D eigenvalue weighted by molar-refractivity contribution is -0.136. The Morgan fingerprint density at radius 3 is 2.48 bits per heavy atom. The van der Waals surface area contributed by atoms with Gasteiger partial charge in [-0.05, 0) is 66.9 Å². The number of nitrogens with zero attached hydrogens (tertiary/aromatic N) is 1. The molecule has 9 nitrogen and oxygen atoms in total. The van der Waals surface area contributed by atoms with Gasteiger partial charge in [-0.2, -0.15) is 0 Å². The molecule has 0 fully saturated rings. The molecule has 1 aliphatic rings. The van der Waals surface area contributed by atoms with Crippen LogP contribution in [0.1, 0.15) is 59.2 Å². The van der Waals surface area contributed by atoms with Gasteiger partial charge in [0.25, 0.3) is 5.91 Å². The zero-order valence-corrected chi connectivity index (χ0v) is 26.1. The van der Waals surface area contributed by atoms with Crippen LogP contribution in [-0.4, -0.2) is 47.3 Å². The number of carbonyl (C=O) groups is 3. The number of aliphatic hydroxyl groups excluding tert-OH is 1. The van der Waals surface area contributed by atoms with E-state index in [4.69, 9.17) is 32.4 Å². The Bertz CT molecular complexity index is 1780. The Morgan fingerprint density at radius 1 is 1.02 bits per heavy atom. The summed E-state index contributed by atoms with van der Waals surface area (Å²) in [5.74, 6) is -2.62. The van der Waals surface area contributed by atoms with Crippen molar-refractivity contribution in [3.05, 3.63) is 92.7 Å². The minimum atomic E-state index is -1.27. The van der Waals surface area contributed by atoms with E-state index < -0.39 is 35.4 Å². The van der Waals surface area contributed by atoms with E-state index in [1.807, 2.05) is 45.9 Å². The maximum Gasteiger partial charge on any atom is 0.371 e. The Morgan fingerprint density at radius 2 is 1.77 bits per heavy atom. The van der Waals surface area contributed by atoms with Gasteiger partial charge in [-0.25, -0.2) is 4.79 Å². The van der Waals surface area contributed by atoms with E-state index in [0.717, 1.165) is 16.7 Å². The number of benzene rings is 3. The zero-order chi connectivity index (χ0) is 31.9. The van der Waals surface area contributed by atoms with E-state index in [9.17, 15) is 24.6 Å². The maximum atomic E-state index is 14.2. The summed E-state index contributed by atoms with van der Waals surface area (Å²) in [4.78, 5) is 40.8. The lowest BCUT2D eigenvalue weighted by atomic mass is 9.91. The van der Waals surface area contributed by atoms with Crippen molar-refractivity contribution in [1.82, 2.24) is 0 Å². The fourth-order valence-corrected chi connectivity index (χ4v) is 5.74. The summed E-state index contributed by atoms with van der Waals surface area (Å²) in [6, 6.07) is 15.3. The van der Waals surface area contributed by atoms with E-state index >= 15 is 0 Å². The predicted molar refractivity (Wildman–Crippen MR) is 169 cm³/mol. The van der Waals surface area contributed by atoms with Crippen molar-refractivity contribution in [3.63, 3.8) is 0 Å². The number of furan rings is 1. The highest BCUT2D eigenvalue weighted by atomic mass is 35.5. The quantitative estimate of drug-likeness (QED) is 0.191. The van der Waals surface area contributed by atoms with Crippen molar-refractivity contribution in [2.75, 3.05) is 23.4 Å². The van der Waals surface area contributed by atoms with Gasteiger partial charge in [0.2, 0.25) is 11.7 Å². The number of aliphatic hydroxyl groups is 1. The molecule has 5 rings (SSSR count). The summed E-state index contributed by atoms with van der Waals surface area (Å²) in [5.41, 5.74) is 3.67. The summed E-state index contributed by atoms with van der Waals surface area (Å²) in [6.07, 6.45) is -2.35. The van der Waals surface area contributed by atoms with Crippen LogP contribution >= 0.6 is 23.2 Å². The number of carboxylic acid groups (broad SMARTS) is 1. The maximum absolute atomic E-state index is 14.2. The summed E-state index contributed by atoms with van der Waals surface area (Å²) < 4.78 is 12.0. The lowest BCUT2D eigenvalue weighted by Gasteiger charge is -2.32. The van der Waals surface area contributed by atoms with Gasteiger partial charge in [0.15, 0.2) is 5.58 Å². The monoisotopic (exact) mass is 638 g/mol. The molecular formula is C33H32Cl2N2O7. The third-order valence-corrected chi connectivity index (χ3v) is 8.24. The van der Waals surface area contributed by atoms with E-state index in [1.165, 1.54) is 18.2 Å². The highest BCUT2D eigenvalue weighted by molar-refractivity contribution is 6.32. The minimum Gasteiger partial charge on any atom is -0.475 e. The topological polar surface area (TPSA) is 129 Å². The Hall–Kier alpha value is -3.89. The molecule has 3 N–H and O–H groups in total. The van der Waals surface area contributed by atoms with Crippen molar-refractivity contribution in [1.29, 1.82) is 0 Å². The smallest absolute Gasteiger partial charge is 0.371 e. The van der Waals surface area contributed by atoms with Gasteiger partial charge >= 0.3 is 5.97 Å². The number of halogens is 2. The zero-order valence-electron chi connectivity index (χ0n) is 24.6. The predicted octanol–water partition coefficient (Wildman–Crippen LogP) is 6.92. The number of hydrogen-bond acceptors (Lipinski definition) is 6.